The third-order valence-corrected chi connectivity index (χ3v) is 3.42. The zero-order chi connectivity index (χ0) is 15.9. The number of carbonyl (C=O) groups excluding carboxylic acids is 2. The number of halogens is 2. The summed E-state index contributed by atoms with van der Waals surface area (Å²) in [5.41, 5.74) is 0.643. The highest BCUT2D eigenvalue weighted by atomic mass is 79.9. The van der Waals surface area contributed by atoms with Crippen LogP contribution in [0.4, 0.5) is 10.1 Å². The predicted octanol–water partition coefficient (Wildman–Crippen LogP) is 3.35. The Morgan fingerprint density at radius 1 is 1.05 bits per heavy atom. The van der Waals surface area contributed by atoms with E-state index in [0.717, 1.165) is 4.47 Å². The van der Waals surface area contributed by atoms with Crippen molar-refractivity contribution in [3.8, 4) is 0 Å². The average molecular weight is 365 g/mol. The molecule has 2 aromatic rings. The lowest BCUT2D eigenvalue weighted by Crippen LogP contribution is -2.27. The number of rotatable bonds is 5. The van der Waals surface area contributed by atoms with Gasteiger partial charge in [0.05, 0.1) is 5.69 Å². The number of hydrogen-bond acceptors (Lipinski definition) is 2. The van der Waals surface area contributed by atoms with Crippen LogP contribution in [0.3, 0.4) is 0 Å². The van der Waals surface area contributed by atoms with Gasteiger partial charge in [-0.2, -0.15) is 0 Å². The highest BCUT2D eigenvalue weighted by Crippen LogP contribution is 2.12. The van der Waals surface area contributed by atoms with Crippen molar-refractivity contribution in [3.63, 3.8) is 0 Å². The summed E-state index contributed by atoms with van der Waals surface area (Å²) in [7, 11) is 0. The van der Waals surface area contributed by atoms with Crippen molar-refractivity contribution >= 4 is 33.4 Å². The number of para-hydroxylation sites is 1. The van der Waals surface area contributed by atoms with E-state index in [-0.39, 0.29) is 30.5 Å². The number of nitrogens with one attached hydrogen (secondary N) is 2. The molecule has 0 saturated heterocycles. The molecule has 0 unspecified atom stereocenters. The summed E-state index contributed by atoms with van der Waals surface area (Å²) in [6.07, 6.45) is 0.0661. The SMILES string of the molecule is O=C(CCNC(=O)c1ccc(Br)cc1)Nc1ccccc1F. The van der Waals surface area contributed by atoms with Crippen LogP contribution in [0.2, 0.25) is 0 Å². The van der Waals surface area contributed by atoms with Gasteiger partial charge in [0.2, 0.25) is 5.91 Å². The average Bonchev–Trinajstić information content (AvgIpc) is 2.50. The van der Waals surface area contributed by atoms with E-state index in [2.05, 4.69) is 26.6 Å². The van der Waals surface area contributed by atoms with E-state index in [1.807, 2.05) is 0 Å². The highest BCUT2D eigenvalue weighted by molar-refractivity contribution is 9.10. The molecule has 22 heavy (non-hydrogen) atoms. The largest absolute Gasteiger partial charge is 0.352 e. The van der Waals surface area contributed by atoms with Crippen molar-refractivity contribution in [1.82, 2.24) is 5.32 Å². The number of carbonyl (C=O) groups is 2. The van der Waals surface area contributed by atoms with E-state index in [0.29, 0.717) is 5.56 Å². The Kier molecular flexibility index (Phi) is 5.66. The van der Waals surface area contributed by atoms with Crippen molar-refractivity contribution in [2.24, 2.45) is 0 Å². The summed E-state index contributed by atoms with van der Waals surface area (Å²) in [6, 6.07) is 12.8. The first-order valence-electron chi connectivity index (χ1n) is 6.64. The summed E-state index contributed by atoms with van der Waals surface area (Å²) in [5.74, 6) is -1.11. The van der Waals surface area contributed by atoms with Crippen LogP contribution < -0.4 is 10.6 Å². The number of anilines is 1. The molecule has 0 heterocycles. The number of amides is 2. The van der Waals surface area contributed by atoms with E-state index >= 15 is 0 Å². The molecule has 2 rings (SSSR count). The Bertz CT molecular complexity index is 674. The van der Waals surface area contributed by atoms with Crippen LogP contribution in [0.1, 0.15) is 16.8 Å². The maximum atomic E-state index is 13.4. The van der Waals surface area contributed by atoms with E-state index in [9.17, 15) is 14.0 Å². The summed E-state index contributed by atoms with van der Waals surface area (Å²) in [5, 5.41) is 5.10. The lowest BCUT2D eigenvalue weighted by atomic mass is 10.2. The predicted molar refractivity (Wildman–Crippen MR) is 86.1 cm³/mol. The summed E-state index contributed by atoms with van der Waals surface area (Å²) < 4.78 is 14.2. The molecule has 4 nitrogen and oxygen atoms in total. The van der Waals surface area contributed by atoms with Crippen LogP contribution in [0.5, 0.6) is 0 Å². The number of benzene rings is 2. The van der Waals surface area contributed by atoms with Crippen LogP contribution in [-0.4, -0.2) is 18.4 Å². The second kappa shape index (κ2) is 7.70. The van der Waals surface area contributed by atoms with Gasteiger partial charge in [0, 0.05) is 23.0 Å². The Morgan fingerprint density at radius 2 is 1.73 bits per heavy atom. The number of hydrogen-bond donors (Lipinski definition) is 2. The van der Waals surface area contributed by atoms with Gasteiger partial charge in [0.1, 0.15) is 5.82 Å². The van der Waals surface area contributed by atoms with Gasteiger partial charge in [-0.15, -0.1) is 0 Å². The third kappa shape index (κ3) is 4.66. The van der Waals surface area contributed by atoms with Gasteiger partial charge in [-0.3, -0.25) is 9.59 Å². The van der Waals surface area contributed by atoms with Crippen LogP contribution in [0, 0.1) is 5.82 Å². The highest BCUT2D eigenvalue weighted by Gasteiger charge is 2.08. The second-order valence-corrected chi connectivity index (χ2v) is 5.46. The third-order valence-electron chi connectivity index (χ3n) is 2.89. The van der Waals surface area contributed by atoms with Gasteiger partial charge in [-0.1, -0.05) is 28.1 Å². The fourth-order valence-corrected chi connectivity index (χ4v) is 2.03. The molecule has 0 aromatic heterocycles. The smallest absolute Gasteiger partial charge is 0.251 e. The molecule has 0 aliphatic rings. The van der Waals surface area contributed by atoms with E-state index in [1.54, 1.807) is 36.4 Å². The Morgan fingerprint density at radius 3 is 2.41 bits per heavy atom. The fraction of sp³-hybridized carbons (Fsp3) is 0.125. The first-order chi connectivity index (χ1) is 10.6. The topological polar surface area (TPSA) is 58.2 Å². The van der Waals surface area contributed by atoms with Crippen molar-refractivity contribution in [1.29, 1.82) is 0 Å². The molecule has 114 valence electrons. The molecule has 0 spiro atoms. The Hall–Kier alpha value is -2.21. The van der Waals surface area contributed by atoms with Gasteiger partial charge >= 0.3 is 0 Å². The standard InChI is InChI=1S/C16H14BrFN2O2/c17-12-7-5-11(6-8-12)16(22)19-10-9-15(21)20-14-4-2-1-3-13(14)18/h1-8H,9-10H2,(H,19,22)(H,20,21). The second-order valence-electron chi connectivity index (χ2n) is 4.54. The first-order valence-corrected chi connectivity index (χ1v) is 7.44. The molecule has 0 fully saturated rings. The molecule has 2 amide bonds. The van der Waals surface area contributed by atoms with Gasteiger partial charge in [0.25, 0.3) is 5.91 Å². The van der Waals surface area contributed by atoms with Crippen LogP contribution in [-0.2, 0) is 4.79 Å². The first kappa shape index (κ1) is 16.2. The summed E-state index contributed by atoms with van der Waals surface area (Å²) in [4.78, 5) is 23.5. The molecular weight excluding hydrogens is 351 g/mol. The maximum Gasteiger partial charge on any atom is 0.251 e. The van der Waals surface area contributed by atoms with Crippen LogP contribution >= 0.6 is 15.9 Å². The van der Waals surface area contributed by atoms with E-state index in [4.69, 9.17) is 0 Å². The molecule has 0 saturated carbocycles. The van der Waals surface area contributed by atoms with Crippen LogP contribution in [0.15, 0.2) is 53.0 Å². The molecule has 0 aliphatic heterocycles. The molecule has 0 aliphatic carbocycles. The van der Waals surface area contributed by atoms with Crippen LogP contribution in [0.25, 0.3) is 0 Å². The molecule has 2 aromatic carbocycles. The molecule has 0 radical (unpaired) electrons. The van der Waals surface area contributed by atoms with Gasteiger partial charge < -0.3 is 10.6 Å². The minimum atomic E-state index is -0.491. The lowest BCUT2D eigenvalue weighted by molar-refractivity contribution is -0.116. The van der Waals surface area contributed by atoms with Crippen molar-refractivity contribution in [3.05, 3.63) is 64.4 Å². The molecule has 0 atom stereocenters. The normalized spacial score (nSPS) is 10.1. The van der Waals surface area contributed by atoms with Crippen molar-refractivity contribution in [2.45, 2.75) is 6.42 Å². The maximum absolute atomic E-state index is 13.4. The molecule has 6 heteroatoms. The minimum Gasteiger partial charge on any atom is -0.352 e. The Balaban J connectivity index is 1.78. The fourth-order valence-electron chi connectivity index (χ4n) is 1.77. The quantitative estimate of drug-likeness (QED) is 0.854. The minimum absolute atomic E-state index is 0.0661. The zero-order valence-corrected chi connectivity index (χ0v) is 13.2. The lowest BCUT2D eigenvalue weighted by Gasteiger charge is -2.07. The van der Waals surface area contributed by atoms with Gasteiger partial charge in [0.15, 0.2) is 0 Å². The van der Waals surface area contributed by atoms with E-state index in [1.165, 1.54) is 12.1 Å². The molecular formula is C16H14BrFN2O2. The summed E-state index contributed by atoms with van der Waals surface area (Å²) >= 11 is 3.29. The van der Waals surface area contributed by atoms with Crippen molar-refractivity contribution < 1.29 is 14.0 Å². The van der Waals surface area contributed by atoms with Crippen molar-refractivity contribution in [2.75, 3.05) is 11.9 Å². The monoisotopic (exact) mass is 364 g/mol. The van der Waals surface area contributed by atoms with Gasteiger partial charge in [-0.05, 0) is 36.4 Å². The Labute approximate surface area is 135 Å². The zero-order valence-electron chi connectivity index (χ0n) is 11.6. The van der Waals surface area contributed by atoms with Gasteiger partial charge in [-0.25, -0.2) is 4.39 Å². The molecule has 0 bridgehead atoms. The van der Waals surface area contributed by atoms with E-state index < -0.39 is 5.82 Å². The summed E-state index contributed by atoms with van der Waals surface area (Å²) in [6.45, 7) is 0.176. The molecule has 2 N–H and O–H groups in total.